The summed E-state index contributed by atoms with van der Waals surface area (Å²) in [5.41, 5.74) is 0.847. The van der Waals surface area contributed by atoms with E-state index in [-0.39, 0.29) is 15.5 Å². The van der Waals surface area contributed by atoms with Crippen LogP contribution >= 0.6 is 22.9 Å². The molecule has 0 saturated heterocycles. The van der Waals surface area contributed by atoms with Gasteiger partial charge in [0.2, 0.25) is 0 Å². The number of nitrogens with zero attached hydrogens (tertiary/aromatic N) is 1. The Morgan fingerprint density at radius 3 is 2.64 bits per heavy atom. The van der Waals surface area contributed by atoms with E-state index < -0.39 is 21.9 Å². The first-order valence-electron chi connectivity index (χ1n) is 7.32. The van der Waals surface area contributed by atoms with E-state index in [9.17, 15) is 13.2 Å². The molecule has 1 atom stereocenters. The highest BCUT2D eigenvalue weighted by Gasteiger charge is 2.21. The third-order valence-corrected chi connectivity index (χ3v) is 6.17. The lowest BCUT2D eigenvalue weighted by molar-refractivity contribution is 0.0337. The van der Waals surface area contributed by atoms with Crippen molar-refractivity contribution in [2.75, 3.05) is 6.26 Å². The predicted octanol–water partition coefficient (Wildman–Crippen LogP) is 4.27. The summed E-state index contributed by atoms with van der Waals surface area (Å²) in [5, 5.41) is 0.791. The van der Waals surface area contributed by atoms with Gasteiger partial charge >= 0.3 is 5.97 Å². The Hall–Kier alpha value is -1.96. The summed E-state index contributed by atoms with van der Waals surface area (Å²) >= 11 is 7.46. The van der Waals surface area contributed by atoms with Crippen LogP contribution in [-0.2, 0) is 14.6 Å². The largest absolute Gasteiger partial charge is 0.452 e. The van der Waals surface area contributed by atoms with E-state index >= 15 is 0 Å². The molecule has 0 fully saturated rings. The number of aromatic nitrogens is 1. The zero-order chi connectivity index (χ0) is 18.2. The quantitative estimate of drug-likeness (QED) is 0.616. The molecular weight excluding hydrogens is 382 g/mol. The van der Waals surface area contributed by atoms with Crippen LogP contribution in [0.2, 0.25) is 5.02 Å². The van der Waals surface area contributed by atoms with Gasteiger partial charge in [0.1, 0.15) is 5.01 Å². The molecule has 3 rings (SSSR count). The molecule has 1 aromatic heterocycles. The number of fused-ring (bicyclic) bond motifs is 1. The SMILES string of the molecule is CC(OC(=O)c1cc(S(C)(=O)=O)ccc1Cl)c1nc2ccccc2s1. The van der Waals surface area contributed by atoms with Gasteiger partial charge in [0.15, 0.2) is 15.9 Å². The number of hydrogen-bond acceptors (Lipinski definition) is 6. The third kappa shape index (κ3) is 3.84. The van der Waals surface area contributed by atoms with E-state index in [0.29, 0.717) is 5.01 Å². The third-order valence-electron chi connectivity index (χ3n) is 3.53. The van der Waals surface area contributed by atoms with E-state index in [1.54, 1.807) is 6.92 Å². The lowest BCUT2D eigenvalue weighted by atomic mass is 10.2. The number of rotatable bonds is 4. The van der Waals surface area contributed by atoms with Crippen LogP contribution in [0.4, 0.5) is 0 Å². The first-order valence-corrected chi connectivity index (χ1v) is 10.4. The van der Waals surface area contributed by atoms with Gasteiger partial charge in [-0.25, -0.2) is 18.2 Å². The zero-order valence-corrected chi connectivity index (χ0v) is 15.8. The molecular formula is C17H14ClNO4S2. The number of sulfone groups is 1. The number of benzene rings is 2. The van der Waals surface area contributed by atoms with Crippen LogP contribution < -0.4 is 0 Å². The summed E-state index contributed by atoms with van der Waals surface area (Å²) in [6.45, 7) is 1.71. The molecule has 1 unspecified atom stereocenters. The Labute approximate surface area is 154 Å². The van der Waals surface area contributed by atoms with E-state index in [1.807, 2.05) is 24.3 Å². The Balaban J connectivity index is 1.86. The van der Waals surface area contributed by atoms with E-state index in [4.69, 9.17) is 16.3 Å². The maximum Gasteiger partial charge on any atom is 0.340 e. The standard InChI is InChI=1S/C17H14ClNO4S2/c1-10(16-19-14-5-3-4-6-15(14)24-16)23-17(20)12-9-11(25(2,21)22)7-8-13(12)18/h3-10H,1-2H3. The minimum atomic E-state index is -3.45. The number of halogens is 1. The number of esters is 1. The van der Waals surface area contributed by atoms with Crippen molar-refractivity contribution in [2.45, 2.75) is 17.9 Å². The fourth-order valence-corrected chi connectivity index (χ4v) is 4.02. The Morgan fingerprint density at radius 1 is 1.24 bits per heavy atom. The van der Waals surface area contributed by atoms with Crippen molar-refractivity contribution in [3.8, 4) is 0 Å². The van der Waals surface area contributed by atoms with Gasteiger partial charge in [-0.05, 0) is 37.3 Å². The fraction of sp³-hybridized carbons (Fsp3) is 0.176. The Kier molecular flexibility index (Phi) is 4.81. The smallest absolute Gasteiger partial charge is 0.340 e. The van der Waals surface area contributed by atoms with Crippen LogP contribution in [0.3, 0.4) is 0 Å². The molecule has 0 aliphatic heterocycles. The topological polar surface area (TPSA) is 73.3 Å². The van der Waals surface area contributed by atoms with Crippen molar-refractivity contribution in [1.29, 1.82) is 0 Å². The van der Waals surface area contributed by atoms with Gasteiger partial charge in [0.05, 0.1) is 25.7 Å². The van der Waals surface area contributed by atoms with Crippen LogP contribution in [0.1, 0.15) is 28.4 Å². The predicted molar refractivity (Wildman–Crippen MR) is 98.0 cm³/mol. The first kappa shape index (κ1) is 17.8. The molecule has 0 spiro atoms. The van der Waals surface area contributed by atoms with E-state index in [1.165, 1.54) is 29.5 Å². The molecule has 8 heteroatoms. The Bertz CT molecular complexity index is 1030. The number of para-hydroxylation sites is 1. The highest BCUT2D eigenvalue weighted by Crippen LogP contribution is 2.29. The van der Waals surface area contributed by atoms with E-state index in [2.05, 4.69) is 4.98 Å². The van der Waals surface area contributed by atoms with Crippen molar-refractivity contribution in [2.24, 2.45) is 0 Å². The van der Waals surface area contributed by atoms with Crippen LogP contribution in [0.25, 0.3) is 10.2 Å². The number of ether oxygens (including phenoxy) is 1. The monoisotopic (exact) mass is 395 g/mol. The average Bonchev–Trinajstić information content (AvgIpc) is 2.98. The summed E-state index contributed by atoms with van der Waals surface area (Å²) in [5.74, 6) is -0.692. The minimum absolute atomic E-state index is 0.0106. The molecule has 1 heterocycles. The number of hydrogen-bond donors (Lipinski definition) is 0. The normalized spacial score (nSPS) is 12.9. The van der Waals surface area contributed by atoms with Crippen molar-refractivity contribution in [3.05, 3.63) is 58.1 Å². The highest BCUT2D eigenvalue weighted by atomic mass is 35.5. The summed E-state index contributed by atoms with van der Waals surface area (Å²) in [6.07, 6.45) is 0.484. The van der Waals surface area contributed by atoms with Gasteiger partial charge in [-0.1, -0.05) is 23.7 Å². The van der Waals surface area contributed by atoms with Crippen LogP contribution in [0.5, 0.6) is 0 Å². The molecule has 0 aliphatic carbocycles. The number of carbonyl (C=O) groups is 1. The van der Waals surface area contributed by atoms with Crippen LogP contribution in [0.15, 0.2) is 47.4 Å². The second kappa shape index (κ2) is 6.74. The molecule has 3 aromatic rings. The highest BCUT2D eigenvalue weighted by molar-refractivity contribution is 7.90. The van der Waals surface area contributed by atoms with Gasteiger partial charge in [0, 0.05) is 6.26 Å². The molecule has 25 heavy (non-hydrogen) atoms. The first-order chi connectivity index (χ1) is 11.8. The maximum absolute atomic E-state index is 12.4. The zero-order valence-electron chi connectivity index (χ0n) is 13.4. The lowest BCUT2D eigenvalue weighted by Gasteiger charge is -2.12. The molecule has 0 saturated carbocycles. The molecule has 2 aromatic carbocycles. The molecule has 0 N–H and O–H groups in total. The molecule has 0 radical (unpaired) electrons. The minimum Gasteiger partial charge on any atom is -0.452 e. The van der Waals surface area contributed by atoms with Crippen LogP contribution in [0, 0.1) is 0 Å². The van der Waals surface area contributed by atoms with Crippen molar-refractivity contribution in [3.63, 3.8) is 0 Å². The number of thiazole rings is 1. The lowest BCUT2D eigenvalue weighted by Crippen LogP contribution is -2.11. The van der Waals surface area contributed by atoms with Crippen molar-refractivity contribution >= 4 is 49.0 Å². The fourth-order valence-electron chi connectivity index (χ4n) is 2.23. The second-order valence-corrected chi connectivity index (χ2v) is 8.97. The van der Waals surface area contributed by atoms with Crippen LogP contribution in [-0.4, -0.2) is 25.6 Å². The molecule has 130 valence electrons. The van der Waals surface area contributed by atoms with Crippen molar-refractivity contribution in [1.82, 2.24) is 4.98 Å². The summed E-state index contributed by atoms with van der Waals surface area (Å²) in [6, 6.07) is 11.6. The van der Waals surface area contributed by atoms with Gasteiger partial charge < -0.3 is 4.74 Å². The van der Waals surface area contributed by atoms with Gasteiger partial charge in [0.25, 0.3) is 0 Å². The maximum atomic E-state index is 12.4. The molecule has 0 aliphatic rings. The van der Waals surface area contributed by atoms with Crippen molar-refractivity contribution < 1.29 is 17.9 Å². The van der Waals surface area contributed by atoms with Gasteiger partial charge in [-0.3, -0.25) is 0 Å². The molecule has 0 bridgehead atoms. The van der Waals surface area contributed by atoms with Gasteiger partial charge in [-0.2, -0.15) is 0 Å². The molecule has 5 nitrogen and oxygen atoms in total. The summed E-state index contributed by atoms with van der Waals surface area (Å²) in [4.78, 5) is 16.9. The number of carbonyl (C=O) groups excluding carboxylic acids is 1. The Morgan fingerprint density at radius 2 is 1.96 bits per heavy atom. The van der Waals surface area contributed by atoms with E-state index in [0.717, 1.165) is 16.5 Å². The van der Waals surface area contributed by atoms with Gasteiger partial charge in [-0.15, -0.1) is 11.3 Å². The average molecular weight is 396 g/mol. The second-order valence-electron chi connectivity index (χ2n) is 5.48. The summed E-state index contributed by atoms with van der Waals surface area (Å²) in [7, 11) is -3.45. The molecule has 0 amide bonds. The summed E-state index contributed by atoms with van der Waals surface area (Å²) < 4.78 is 29.7.